The van der Waals surface area contributed by atoms with E-state index in [0.29, 0.717) is 16.7 Å². The lowest BCUT2D eigenvalue weighted by Crippen LogP contribution is -2.52. The van der Waals surface area contributed by atoms with Gasteiger partial charge in [0.05, 0.1) is 11.2 Å². The molecule has 0 spiro atoms. The highest BCUT2D eigenvalue weighted by Crippen LogP contribution is 2.67. The molecule has 0 amide bonds. The zero-order valence-electron chi connectivity index (χ0n) is 20.9. The molecule has 5 aliphatic rings. The van der Waals surface area contributed by atoms with Crippen LogP contribution in [0.15, 0.2) is 11.6 Å². The highest BCUT2D eigenvalue weighted by atomic mass is 16.3. The molecular weight excluding hydrogens is 380 g/mol. The molecule has 0 aromatic heterocycles. The predicted octanol–water partition coefficient (Wildman–Crippen LogP) is 6.89. The molecule has 31 heavy (non-hydrogen) atoms. The number of aliphatic hydroxyl groups is 2. The quantitative estimate of drug-likeness (QED) is 0.468. The largest absolute Gasteiger partial charge is 0.390 e. The number of rotatable bonds is 5. The Bertz CT molecular complexity index is 731. The smallest absolute Gasteiger partial charge is 0.0657 e. The van der Waals surface area contributed by atoms with Crippen LogP contribution in [0.5, 0.6) is 0 Å². The van der Waals surface area contributed by atoms with Gasteiger partial charge in [-0.05, 0) is 137 Å². The molecular formula is C29H48O2. The summed E-state index contributed by atoms with van der Waals surface area (Å²) in [5.74, 6) is 4.68. The van der Waals surface area contributed by atoms with E-state index in [1.807, 2.05) is 6.92 Å². The van der Waals surface area contributed by atoms with Crippen LogP contribution in [-0.2, 0) is 0 Å². The van der Waals surface area contributed by atoms with Gasteiger partial charge in [-0.3, -0.25) is 0 Å². The molecule has 0 saturated heterocycles. The van der Waals surface area contributed by atoms with E-state index in [1.54, 1.807) is 5.57 Å². The van der Waals surface area contributed by atoms with Crippen molar-refractivity contribution in [3.63, 3.8) is 0 Å². The molecule has 0 aliphatic heterocycles. The first-order chi connectivity index (χ1) is 14.5. The Labute approximate surface area is 191 Å². The van der Waals surface area contributed by atoms with Gasteiger partial charge in [0, 0.05) is 0 Å². The molecule has 0 aromatic carbocycles. The second kappa shape index (κ2) is 7.33. The maximum Gasteiger partial charge on any atom is 0.0657 e. The standard InChI is InChI=1S/C29H48O2/c1-19(12-15-29(5,31)20-6-7-20)23-10-11-24-22-9-8-21-18-26(2,30)16-17-27(21,3)25(22)13-14-28(23,24)4/h8,19-20,22-25,30-31H,6-7,9-18H2,1-5H3/t19-,22+,23-,24+,25+,26+,27+,28-,29?/m1/s1. The Morgan fingerprint density at radius 3 is 2.48 bits per heavy atom. The predicted molar refractivity (Wildman–Crippen MR) is 128 cm³/mol. The third kappa shape index (κ3) is 3.67. The molecule has 0 aromatic rings. The topological polar surface area (TPSA) is 40.5 Å². The molecule has 0 heterocycles. The summed E-state index contributed by atoms with van der Waals surface area (Å²) in [5, 5.41) is 21.5. The van der Waals surface area contributed by atoms with Crippen LogP contribution in [0, 0.1) is 46.3 Å². The van der Waals surface area contributed by atoms with Crippen LogP contribution >= 0.6 is 0 Å². The molecule has 0 radical (unpaired) electrons. The first-order valence-corrected chi connectivity index (χ1v) is 13.6. The van der Waals surface area contributed by atoms with Crippen molar-refractivity contribution < 1.29 is 10.2 Å². The molecule has 1 unspecified atom stereocenters. The molecule has 4 fully saturated rings. The van der Waals surface area contributed by atoms with E-state index < -0.39 is 11.2 Å². The fourth-order valence-electron chi connectivity index (χ4n) is 9.41. The third-order valence-corrected chi connectivity index (χ3v) is 11.7. The van der Waals surface area contributed by atoms with Gasteiger partial charge in [-0.2, -0.15) is 0 Å². The molecule has 2 N–H and O–H groups in total. The van der Waals surface area contributed by atoms with Gasteiger partial charge >= 0.3 is 0 Å². The van der Waals surface area contributed by atoms with Crippen molar-refractivity contribution in [3.8, 4) is 0 Å². The van der Waals surface area contributed by atoms with Crippen LogP contribution in [0.1, 0.15) is 112 Å². The molecule has 2 nitrogen and oxygen atoms in total. The molecule has 0 bridgehead atoms. The summed E-state index contributed by atoms with van der Waals surface area (Å²) >= 11 is 0. The maximum absolute atomic E-state index is 10.8. The van der Waals surface area contributed by atoms with E-state index in [9.17, 15) is 10.2 Å². The first-order valence-electron chi connectivity index (χ1n) is 13.6. The van der Waals surface area contributed by atoms with Crippen molar-refractivity contribution >= 4 is 0 Å². The van der Waals surface area contributed by atoms with E-state index in [4.69, 9.17) is 0 Å². The monoisotopic (exact) mass is 428 g/mol. The second-order valence-corrected chi connectivity index (χ2v) is 13.8. The van der Waals surface area contributed by atoms with Gasteiger partial charge < -0.3 is 10.2 Å². The fourth-order valence-corrected chi connectivity index (χ4v) is 9.41. The Hall–Kier alpha value is -0.340. The molecule has 9 atom stereocenters. The normalized spacial score (nSPS) is 50.0. The number of hydrogen-bond donors (Lipinski definition) is 2. The van der Waals surface area contributed by atoms with Gasteiger partial charge in [0.2, 0.25) is 0 Å². The first kappa shape index (κ1) is 22.5. The summed E-state index contributed by atoms with van der Waals surface area (Å²) in [5.41, 5.74) is 1.50. The van der Waals surface area contributed by atoms with Crippen LogP contribution in [0.25, 0.3) is 0 Å². The van der Waals surface area contributed by atoms with Gasteiger partial charge in [-0.25, -0.2) is 0 Å². The van der Waals surface area contributed by atoms with Crippen molar-refractivity contribution in [2.45, 2.75) is 123 Å². The second-order valence-electron chi connectivity index (χ2n) is 13.8. The summed E-state index contributed by atoms with van der Waals surface area (Å²) in [6, 6.07) is 0. The van der Waals surface area contributed by atoms with Crippen LogP contribution in [0.2, 0.25) is 0 Å². The Morgan fingerprint density at radius 2 is 1.77 bits per heavy atom. The van der Waals surface area contributed by atoms with Crippen LogP contribution in [-0.4, -0.2) is 21.4 Å². The molecule has 176 valence electrons. The zero-order valence-corrected chi connectivity index (χ0v) is 20.9. The van der Waals surface area contributed by atoms with Gasteiger partial charge in [-0.15, -0.1) is 0 Å². The highest BCUT2D eigenvalue weighted by Gasteiger charge is 2.59. The molecule has 5 rings (SSSR count). The summed E-state index contributed by atoms with van der Waals surface area (Å²) < 4.78 is 0. The summed E-state index contributed by atoms with van der Waals surface area (Å²) in [7, 11) is 0. The van der Waals surface area contributed by atoms with Crippen LogP contribution < -0.4 is 0 Å². The summed E-state index contributed by atoms with van der Waals surface area (Å²) in [4.78, 5) is 0. The minimum Gasteiger partial charge on any atom is -0.390 e. The van der Waals surface area contributed by atoms with E-state index >= 15 is 0 Å². The lowest BCUT2D eigenvalue weighted by Gasteiger charge is -2.59. The maximum atomic E-state index is 10.8. The van der Waals surface area contributed by atoms with Gasteiger partial charge in [0.15, 0.2) is 0 Å². The molecule has 2 heteroatoms. The lowest BCUT2D eigenvalue weighted by molar-refractivity contribution is -0.0717. The van der Waals surface area contributed by atoms with Crippen molar-refractivity contribution in [2.24, 2.45) is 46.3 Å². The highest BCUT2D eigenvalue weighted by molar-refractivity contribution is 5.26. The van der Waals surface area contributed by atoms with E-state index in [0.717, 1.165) is 48.9 Å². The molecule has 4 saturated carbocycles. The summed E-state index contributed by atoms with van der Waals surface area (Å²) in [6.07, 6.45) is 17.1. The van der Waals surface area contributed by atoms with Gasteiger partial charge in [0.1, 0.15) is 0 Å². The van der Waals surface area contributed by atoms with Crippen LogP contribution in [0.4, 0.5) is 0 Å². The fraction of sp³-hybridized carbons (Fsp3) is 0.931. The Morgan fingerprint density at radius 1 is 1.03 bits per heavy atom. The minimum atomic E-state index is -0.489. The van der Waals surface area contributed by atoms with Gasteiger partial charge in [-0.1, -0.05) is 32.4 Å². The van der Waals surface area contributed by atoms with Crippen molar-refractivity contribution in [1.82, 2.24) is 0 Å². The SMILES string of the molecule is C[C@H](CCC(C)(O)C1CC1)[C@H]1CC[C@H]2[C@@H]3CC=C4C[C@@](C)(O)CC[C@]4(C)[C@H]3CC[C@]12C. The van der Waals surface area contributed by atoms with E-state index in [2.05, 4.69) is 33.8 Å². The van der Waals surface area contributed by atoms with Crippen molar-refractivity contribution in [3.05, 3.63) is 11.6 Å². The molecule has 5 aliphatic carbocycles. The van der Waals surface area contributed by atoms with Gasteiger partial charge in [0.25, 0.3) is 0 Å². The third-order valence-electron chi connectivity index (χ3n) is 11.7. The van der Waals surface area contributed by atoms with Crippen LogP contribution in [0.3, 0.4) is 0 Å². The number of hydrogen-bond acceptors (Lipinski definition) is 2. The number of fused-ring (bicyclic) bond motifs is 5. The van der Waals surface area contributed by atoms with E-state index in [-0.39, 0.29) is 0 Å². The average Bonchev–Trinajstić information content (AvgIpc) is 3.49. The Balaban J connectivity index is 1.31. The lowest BCUT2D eigenvalue weighted by atomic mass is 9.46. The summed E-state index contributed by atoms with van der Waals surface area (Å²) in [6.45, 7) is 11.8. The average molecular weight is 429 g/mol. The zero-order chi connectivity index (χ0) is 22.2. The minimum absolute atomic E-state index is 0.332. The van der Waals surface area contributed by atoms with Crippen molar-refractivity contribution in [2.75, 3.05) is 0 Å². The van der Waals surface area contributed by atoms with E-state index in [1.165, 1.54) is 57.8 Å². The number of allylic oxidation sites excluding steroid dienone is 1. The Kier molecular flexibility index (Phi) is 5.31. The van der Waals surface area contributed by atoms with Crippen molar-refractivity contribution in [1.29, 1.82) is 0 Å².